The molecule has 0 aliphatic heterocycles. The number of benzene rings is 1. The van der Waals surface area contributed by atoms with Crippen molar-refractivity contribution in [2.45, 2.75) is 39.2 Å². The lowest BCUT2D eigenvalue weighted by Crippen LogP contribution is -2.26. The van der Waals surface area contributed by atoms with Gasteiger partial charge in [-0.05, 0) is 62.4 Å². The Morgan fingerprint density at radius 2 is 2.04 bits per heavy atom. The van der Waals surface area contributed by atoms with Crippen LogP contribution < -0.4 is 10.1 Å². The molecule has 1 aliphatic carbocycles. The Labute approximate surface area is 158 Å². The highest BCUT2D eigenvalue weighted by molar-refractivity contribution is 5.98. The Bertz CT molecular complexity index is 1020. The second kappa shape index (κ2) is 7.02. The van der Waals surface area contributed by atoms with Crippen molar-refractivity contribution in [3.05, 3.63) is 52.7 Å². The minimum absolute atomic E-state index is 0.133. The Morgan fingerprint density at radius 3 is 2.85 bits per heavy atom. The summed E-state index contributed by atoms with van der Waals surface area (Å²) in [4.78, 5) is 22.0. The Morgan fingerprint density at radius 1 is 1.22 bits per heavy atom. The number of hydrogen-bond acceptors (Lipinski definition) is 4. The molecule has 3 aromatic rings. The SMILES string of the molecule is COc1ccc2c(c1)cc(C(=O)NCc1nc(C)c3c(n1)CCCC3)n2C. The van der Waals surface area contributed by atoms with Crippen molar-refractivity contribution in [1.82, 2.24) is 19.9 Å². The van der Waals surface area contributed by atoms with Crippen LogP contribution in [-0.2, 0) is 26.4 Å². The minimum atomic E-state index is -0.133. The standard InChI is InChI=1S/C21H24N4O2/c1-13-16-6-4-5-7-17(16)24-20(23-13)12-22-21(26)19-11-14-10-15(27-3)8-9-18(14)25(19)2/h8-11H,4-7,12H2,1-3H3,(H,22,26). The maximum atomic E-state index is 12.7. The third-order valence-corrected chi connectivity index (χ3v) is 5.33. The highest BCUT2D eigenvalue weighted by Gasteiger charge is 2.17. The maximum Gasteiger partial charge on any atom is 0.268 e. The van der Waals surface area contributed by atoms with E-state index in [0.29, 0.717) is 18.1 Å². The molecule has 4 rings (SSSR count). The van der Waals surface area contributed by atoms with Crippen molar-refractivity contribution in [1.29, 1.82) is 0 Å². The van der Waals surface area contributed by atoms with E-state index in [2.05, 4.69) is 15.3 Å². The summed E-state index contributed by atoms with van der Waals surface area (Å²) in [7, 11) is 3.53. The highest BCUT2D eigenvalue weighted by Crippen LogP contribution is 2.24. The number of ether oxygens (including phenoxy) is 1. The zero-order valence-corrected chi connectivity index (χ0v) is 16.0. The first-order chi connectivity index (χ1) is 13.1. The molecular weight excluding hydrogens is 340 g/mol. The number of amides is 1. The molecule has 1 amide bonds. The zero-order valence-electron chi connectivity index (χ0n) is 16.0. The van der Waals surface area contributed by atoms with Gasteiger partial charge in [0.15, 0.2) is 0 Å². The molecule has 0 saturated heterocycles. The third-order valence-electron chi connectivity index (χ3n) is 5.33. The predicted molar refractivity (Wildman–Crippen MR) is 104 cm³/mol. The van der Waals surface area contributed by atoms with E-state index in [1.807, 2.05) is 42.8 Å². The van der Waals surface area contributed by atoms with Gasteiger partial charge in [-0.15, -0.1) is 0 Å². The average molecular weight is 364 g/mol. The minimum Gasteiger partial charge on any atom is -0.497 e. The molecule has 0 atom stereocenters. The van der Waals surface area contributed by atoms with Gasteiger partial charge in [0.25, 0.3) is 5.91 Å². The molecule has 0 radical (unpaired) electrons. The molecule has 0 spiro atoms. The summed E-state index contributed by atoms with van der Waals surface area (Å²) in [6.07, 6.45) is 4.45. The third kappa shape index (κ3) is 3.27. The van der Waals surface area contributed by atoms with Gasteiger partial charge in [0.1, 0.15) is 17.3 Å². The maximum absolute atomic E-state index is 12.7. The number of hydrogen-bond donors (Lipinski definition) is 1. The van der Waals surface area contributed by atoms with E-state index in [-0.39, 0.29) is 5.91 Å². The van der Waals surface area contributed by atoms with E-state index >= 15 is 0 Å². The molecule has 0 bridgehead atoms. The van der Waals surface area contributed by atoms with Gasteiger partial charge in [-0.3, -0.25) is 4.79 Å². The first kappa shape index (κ1) is 17.5. The monoisotopic (exact) mass is 364 g/mol. The first-order valence-electron chi connectivity index (χ1n) is 9.33. The lowest BCUT2D eigenvalue weighted by Gasteiger charge is -2.17. The van der Waals surface area contributed by atoms with Crippen LogP contribution >= 0.6 is 0 Å². The molecule has 0 unspecified atom stereocenters. The lowest BCUT2D eigenvalue weighted by molar-refractivity contribution is 0.0942. The fourth-order valence-electron chi connectivity index (χ4n) is 3.85. The van der Waals surface area contributed by atoms with Crippen LogP contribution in [0.5, 0.6) is 5.75 Å². The molecule has 2 heterocycles. The smallest absolute Gasteiger partial charge is 0.268 e. The van der Waals surface area contributed by atoms with Crippen LogP contribution in [0.3, 0.4) is 0 Å². The first-order valence-corrected chi connectivity index (χ1v) is 9.33. The van der Waals surface area contributed by atoms with Crippen molar-refractivity contribution in [3.8, 4) is 5.75 Å². The number of carbonyl (C=O) groups is 1. The van der Waals surface area contributed by atoms with Crippen LogP contribution in [0, 0.1) is 6.92 Å². The summed E-state index contributed by atoms with van der Waals surface area (Å²) >= 11 is 0. The quantitative estimate of drug-likeness (QED) is 0.772. The largest absolute Gasteiger partial charge is 0.497 e. The molecule has 1 aliphatic rings. The van der Waals surface area contributed by atoms with Crippen LogP contribution in [0.25, 0.3) is 10.9 Å². The van der Waals surface area contributed by atoms with E-state index in [1.165, 1.54) is 18.4 Å². The molecule has 2 aromatic heterocycles. The molecule has 27 heavy (non-hydrogen) atoms. The van der Waals surface area contributed by atoms with Crippen LogP contribution in [0.2, 0.25) is 0 Å². The van der Waals surface area contributed by atoms with Crippen LogP contribution in [0.15, 0.2) is 24.3 Å². The number of fused-ring (bicyclic) bond motifs is 2. The normalized spacial score (nSPS) is 13.4. The summed E-state index contributed by atoms with van der Waals surface area (Å²) in [5.41, 5.74) is 5.07. The Balaban J connectivity index is 1.54. The zero-order chi connectivity index (χ0) is 19.0. The molecular formula is C21H24N4O2. The fourth-order valence-corrected chi connectivity index (χ4v) is 3.85. The van der Waals surface area contributed by atoms with Gasteiger partial charge in [-0.25, -0.2) is 9.97 Å². The van der Waals surface area contributed by atoms with E-state index in [4.69, 9.17) is 4.74 Å². The molecule has 6 heteroatoms. The van der Waals surface area contributed by atoms with Gasteiger partial charge in [0.05, 0.1) is 13.7 Å². The summed E-state index contributed by atoms with van der Waals surface area (Å²) in [5, 5.41) is 3.94. The summed E-state index contributed by atoms with van der Waals surface area (Å²) in [6.45, 7) is 2.37. The lowest BCUT2D eigenvalue weighted by atomic mass is 9.95. The van der Waals surface area contributed by atoms with Crippen LogP contribution in [0.1, 0.15) is 46.1 Å². The number of nitrogens with one attached hydrogen (secondary N) is 1. The van der Waals surface area contributed by atoms with Gasteiger partial charge in [-0.2, -0.15) is 0 Å². The second-order valence-electron chi connectivity index (χ2n) is 7.05. The van der Waals surface area contributed by atoms with Crippen molar-refractivity contribution < 1.29 is 9.53 Å². The van der Waals surface area contributed by atoms with Gasteiger partial charge in [0.2, 0.25) is 0 Å². The number of carbonyl (C=O) groups excluding carboxylic acids is 1. The number of aryl methyl sites for hydroxylation is 3. The molecule has 6 nitrogen and oxygen atoms in total. The molecule has 0 fully saturated rings. The van der Waals surface area contributed by atoms with Crippen LogP contribution in [0.4, 0.5) is 0 Å². The van der Waals surface area contributed by atoms with Gasteiger partial charge < -0.3 is 14.6 Å². The van der Waals surface area contributed by atoms with Crippen molar-refractivity contribution in [2.75, 3.05) is 7.11 Å². The van der Waals surface area contributed by atoms with Gasteiger partial charge in [0, 0.05) is 29.3 Å². The Hall–Kier alpha value is -2.89. The van der Waals surface area contributed by atoms with E-state index in [1.54, 1.807) is 7.11 Å². The van der Waals surface area contributed by atoms with Crippen molar-refractivity contribution in [3.63, 3.8) is 0 Å². The molecule has 1 aromatic carbocycles. The topological polar surface area (TPSA) is 69.0 Å². The van der Waals surface area contributed by atoms with Crippen LogP contribution in [-0.4, -0.2) is 27.6 Å². The van der Waals surface area contributed by atoms with Gasteiger partial charge >= 0.3 is 0 Å². The summed E-state index contributed by atoms with van der Waals surface area (Å²) in [6, 6.07) is 7.67. The van der Waals surface area contributed by atoms with Crippen molar-refractivity contribution >= 4 is 16.8 Å². The van der Waals surface area contributed by atoms with Gasteiger partial charge in [-0.1, -0.05) is 0 Å². The fraction of sp³-hybridized carbons (Fsp3) is 0.381. The van der Waals surface area contributed by atoms with Crippen molar-refractivity contribution in [2.24, 2.45) is 7.05 Å². The summed E-state index contributed by atoms with van der Waals surface area (Å²) in [5.74, 6) is 1.33. The molecule has 0 saturated carbocycles. The van der Waals surface area contributed by atoms with E-state index < -0.39 is 0 Å². The number of nitrogens with zero attached hydrogens (tertiary/aromatic N) is 3. The summed E-state index contributed by atoms with van der Waals surface area (Å²) < 4.78 is 7.16. The number of aromatic nitrogens is 3. The Kier molecular flexibility index (Phi) is 4.56. The molecule has 1 N–H and O–H groups in total. The highest BCUT2D eigenvalue weighted by atomic mass is 16.5. The van der Waals surface area contributed by atoms with E-state index in [9.17, 15) is 4.79 Å². The second-order valence-corrected chi connectivity index (χ2v) is 7.05. The molecule has 140 valence electrons. The average Bonchev–Trinajstić information content (AvgIpc) is 3.02. The predicted octanol–water partition coefficient (Wildman–Crippen LogP) is 3.09. The number of rotatable bonds is 4. The van der Waals surface area contributed by atoms with E-state index in [0.717, 1.165) is 40.9 Å². The number of methoxy groups -OCH3 is 1.